The third kappa shape index (κ3) is 5.46. The van der Waals surface area contributed by atoms with Crippen molar-refractivity contribution >= 4 is 28.7 Å². The number of carbonyl (C=O) groups excluding carboxylic acids is 2. The largest absolute Gasteiger partial charge is 0.450 e. The number of hydrogen-bond acceptors (Lipinski definition) is 6. The summed E-state index contributed by atoms with van der Waals surface area (Å²) in [5.74, 6) is 0.0545. The fraction of sp³-hybridized carbons (Fsp3) is 0.346. The molecule has 1 aliphatic rings. The van der Waals surface area contributed by atoms with E-state index in [1.165, 1.54) is 6.07 Å². The molecule has 3 aromatic rings. The van der Waals surface area contributed by atoms with E-state index < -0.39 is 11.7 Å². The van der Waals surface area contributed by atoms with Crippen molar-refractivity contribution in [2.24, 2.45) is 0 Å². The van der Waals surface area contributed by atoms with Crippen LogP contribution in [-0.2, 0) is 11.3 Å². The van der Waals surface area contributed by atoms with Gasteiger partial charge in [0.2, 0.25) is 0 Å². The summed E-state index contributed by atoms with van der Waals surface area (Å²) < 4.78 is 10.3. The SMILES string of the molecule is CCOC(=O)Nc1ccc2c(CN3CCN(C(=O)c4cc(C)cc(C)c4)CC3)cc(=O)oc2c1. The molecule has 1 N–H and O–H groups in total. The van der Waals surface area contributed by atoms with Gasteiger partial charge < -0.3 is 14.1 Å². The van der Waals surface area contributed by atoms with Gasteiger partial charge in [0.1, 0.15) is 5.58 Å². The summed E-state index contributed by atoms with van der Waals surface area (Å²) in [5, 5.41) is 3.43. The van der Waals surface area contributed by atoms with Crippen LogP contribution in [0.15, 0.2) is 51.7 Å². The molecule has 0 aliphatic carbocycles. The van der Waals surface area contributed by atoms with Crippen molar-refractivity contribution in [1.29, 1.82) is 0 Å². The van der Waals surface area contributed by atoms with E-state index in [0.717, 1.165) is 27.6 Å². The van der Waals surface area contributed by atoms with Crippen LogP contribution in [0.3, 0.4) is 0 Å². The predicted octanol–water partition coefficient (Wildman–Crippen LogP) is 3.94. The number of nitrogens with one attached hydrogen (secondary N) is 1. The van der Waals surface area contributed by atoms with Crippen molar-refractivity contribution in [3.05, 3.63) is 75.1 Å². The van der Waals surface area contributed by atoms with Gasteiger partial charge in [0.25, 0.3) is 5.91 Å². The van der Waals surface area contributed by atoms with Crippen LogP contribution in [0.25, 0.3) is 11.0 Å². The fourth-order valence-electron chi connectivity index (χ4n) is 4.35. The number of amides is 2. The van der Waals surface area contributed by atoms with E-state index in [-0.39, 0.29) is 12.5 Å². The Hall–Kier alpha value is -3.65. The van der Waals surface area contributed by atoms with Gasteiger partial charge in [-0.3, -0.25) is 15.0 Å². The van der Waals surface area contributed by atoms with E-state index in [1.54, 1.807) is 19.1 Å². The quantitative estimate of drug-likeness (QED) is 0.577. The van der Waals surface area contributed by atoms with Crippen LogP contribution in [-0.4, -0.2) is 54.6 Å². The highest BCUT2D eigenvalue weighted by Crippen LogP contribution is 2.23. The van der Waals surface area contributed by atoms with Crippen molar-refractivity contribution < 1.29 is 18.7 Å². The van der Waals surface area contributed by atoms with E-state index in [1.807, 2.05) is 36.9 Å². The van der Waals surface area contributed by atoms with Crippen LogP contribution in [0.5, 0.6) is 0 Å². The molecule has 2 aromatic carbocycles. The van der Waals surface area contributed by atoms with E-state index in [2.05, 4.69) is 16.3 Å². The number of nitrogens with zero attached hydrogens (tertiary/aromatic N) is 2. The van der Waals surface area contributed by atoms with Gasteiger partial charge >= 0.3 is 11.7 Å². The van der Waals surface area contributed by atoms with Crippen LogP contribution >= 0.6 is 0 Å². The number of fused-ring (bicyclic) bond motifs is 1. The van der Waals surface area contributed by atoms with Crippen molar-refractivity contribution in [3.63, 3.8) is 0 Å². The third-order valence-corrected chi connectivity index (χ3v) is 5.87. The second kappa shape index (κ2) is 10.1. The maximum atomic E-state index is 13.0. The number of carbonyl (C=O) groups is 2. The summed E-state index contributed by atoms with van der Waals surface area (Å²) in [6, 6.07) is 12.6. The molecule has 1 fully saturated rings. The Kier molecular flexibility index (Phi) is 6.98. The van der Waals surface area contributed by atoms with Crippen LogP contribution in [0.1, 0.15) is 34.0 Å². The van der Waals surface area contributed by atoms with Crippen molar-refractivity contribution in [2.45, 2.75) is 27.3 Å². The molecule has 0 bridgehead atoms. The molecule has 0 radical (unpaired) electrons. The van der Waals surface area contributed by atoms with Crippen molar-refractivity contribution in [2.75, 3.05) is 38.1 Å². The molecule has 1 saturated heterocycles. The minimum atomic E-state index is -0.561. The lowest BCUT2D eigenvalue weighted by Gasteiger charge is -2.35. The van der Waals surface area contributed by atoms with Crippen LogP contribution in [0.4, 0.5) is 10.5 Å². The molecule has 2 heterocycles. The Balaban J connectivity index is 1.44. The molecule has 2 amide bonds. The van der Waals surface area contributed by atoms with E-state index in [4.69, 9.17) is 9.15 Å². The van der Waals surface area contributed by atoms with Crippen LogP contribution < -0.4 is 10.9 Å². The van der Waals surface area contributed by atoms with Gasteiger partial charge in [-0.2, -0.15) is 0 Å². The van der Waals surface area contributed by atoms with Gasteiger partial charge in [0, 0.05) is 61.5 Å². The summed E-state index contributed by atoms with van der Waals surface area (Å²) in [6.07, 6.45) is -0.561. The maximum absolute atomic E-state index is 13.0. The molecule has 178 valence electrons. The topological polar surface area (TPSA) is 92.1 Å². The minimum Gasteiger partial charge on any atom is -0.450 e. The highest BCUT2D eigenvalue weighted by Gasteiger charge is 2.23. The maximum Gasteiger partial charge on any atom is 0.411 e. The molecule has 8 heteroatoms. The van der Waals surface area contributed by atoms with Gasteiger partial charge in [0.05, 0.1) is 6.61 Å². The zero-order valence-corrected chi connectivity index (χ0v) is 19.7. The fourth-order valence-corrected chi connectivity index (χ4v) is 4.35. The molecular formula is C26H29N3O5. The van der Waals surface area contributed by atoms with E-state index in [0.29, 0.717) is 44.0 Å². The zero-order valence-electron chi connectivity index (χ0n) is 19.7. The standard InChI is InChI=1S/C26H29N3O5/c1-4-33-26(32)27-21-5-6-22-20(14-24(30)34-23(22)15-21)16-28-7-9-29(10-8-28)25(31)19-12-17(2)11-18(3)13-19/h5-6,11-15H,4,7-10,16H2,1-3H3,(H,27,32). The molecule has 0 saturated carbocycles. The lowest BCUT2D eigenvalue weighted by Crippen LogP contribution is -2.48. The Bertz CT molecular complexity index is 1250. The second-order valence-corrected chi connectivity index (χ2v) is 8.59. The lowest BCUT2D eigenvalue weighted by molar-refractivity contribution is 0.0628. The monoisotopic (exact) mass is 463 g/mol. The van der Waals surface area contributed by atoms with Crippen molar-refractivity contribution in [3.8, 4) is 0 Å². The van der Waals surface area contributed by atoms with Crippen molar-refractivity contribution in [1.82, 2.24) is 9.80 Å². The first-order valence-electron chi connectivity index (χ1n) is 11.4. The van der Waals surface area contributed by atoms with Crippen LogP contribution in [0, 0.1) is 13.8 Å². The first-order chi connectivity index (χ1) is 16.3. The predicted molar refractivity (Wildman–Crippen MR) is 130 cm³/mol. The average Bonchev–Trinajstić information content (AvgIpc) is 2.78. The Morgan fingerprint density at radius 2 is 1.71 bits per heavy atom. The molecule has 0 spiro atoms. The highest BCUT2D eigenvalue weighted by molar-refractivity contribution is 5.94. The number of benzene rings is 2. The molecule has 34 heavy (non-hydrogen) atoms. The average molecular weight is 464 g/mol. The normalized spacial score (nSPS) is 14.3. The first kappa shape index (κ1) is 23.5. The van der Waals surface area contributed by atoms with E-state index in [9.17, 15) is 14.4 Å². The lowest BCUT2D eigenvalue weighted by atomic mass is 10.1. The first-order valence-corrected chi connectivity index (χ1v) is 11.4. The number of anilines is 1. The van der Waals surface area contributed by atoms with Gasteiger partial charge in [0.15, 0.2) is 0 Å². The molecule has 1 aromatic heterocycles. The van der Waals surface area contributed by atoms with Gasteiger partial charge in [-0.05, 0) is 50.6 Å². The number of piperazine rings is 1. The molecule has 4 rings (SSSR count). The summed E-state index contributed by atoms with van der Waals surface area (Å²) in [6.45, 7) is 9.22. The number of ether oxygens (including phenoxy) is 1. The Morgan fingerprint density at radius 1 is 1.00 bits per heavy atom. The Morgan fingerprint density at radius 3 is 2.38 bits per heavy atom. The summed E-state index contributed by atoms with van der Waals surface area (Å²) in [7, 11) is 0. The summed E-state index contributed by atoms with van der Waals surface area (Å²) in [4.78, 5) is 40.9. The zero-order chi connectivity index (χ0) is 24.2. The molecule has 0 atom stereocenters. The van der Waals surface area contributed by atoms with Gasteiger partial charge in [-0.15, -0.1) is 0 Å². The van der Waals surface area contributed by atoms with E-state index >= 15 is 0 Å². The molecule has 0 unspecified atom stereocenters. The number of aryl methyl sites for hydroxylation is 2. The van der Waals surface area contributed by atoms with Gasteiger partial charge in [-0.25, -0.2) is 9.59 Å². The Labute approximate surface area is 198 Å². The summed E-state index contributed by atoms with van der Waals surface area (Å²) in [5.41, 5.74) is 4.19. The second-order valence-electron chi connectivity index (χ2n) is 8.59. The van der Waals surface area contributed by atoms with Gasteiger partial charge in [-0.1, -0.05) is 17.2 Å². The number of rotatable bonds is 5. The molecular weight excluding hydrogens is 434 g/mol. The molecule has 8 nitrogen and oxygen atoms in total. The van der Waals surface area contributed by atoms with Crippen LogP contribution in [0.2, 0.25) is 0 Å². The third-order valence-electron chi connectivity index (χ3n) is 5.87. The molecule has 1 aliphatic heterocycles. The summed E-state index contributed by atoms with van der Waals surface area (Å²) >= 11 is 0. The minimum absolute atomic E-state index is 0.0545. The number of hydrogen-bond donors (Lipinski definition) is 1. The smallest absolute Gasteiger partial charge is 0.411 e. The highest BCUT2D eigenvalue weighted by atomic mass is 16.5.